The number of hydrogen-bond donors (Lipinski definition) is 2. The van der Waals surface area contributed by atoms with Gasteiger partial charge < -0.3 is 10.4 Å². The van der Waals surface area contributed by atoms with Gasteiger partial charge in [-0.05, 0) is 30.7 Å². The van der Waals surface area contributed by atoms with Crippen molar-refractivity contribution >= 4 is 5.91 Å². The van der Waals surface area contributed by atoms with Crippen molar-refractivity contribution in [2.75, 3.05) is 6.61 Å². The quantitative estimate of drug-likeness (QED) is 0.850. The standard InChI is InChI=1S/C19H21N5O2/c1-10(2)15(9-25)22-19(26)17-14-7-12-6-13(12)18(14)24(23-17)16-5-11(8-20)3-4-21-16/h3-5,10,12-13,15,25H,6-7,9H2,1-2H3,(H,22,26)/t12-,13-,15+/m0/s1. The molecule has 2 aromatic rings. The highest BCUT2D eigenvalue weighted by Gasteiger charge is 2.50. The number of hydrogen-bond acceptors (Lipinski definition) is 5. The van der Waals surface area contributed by atoms with Crippen LogP contribution in [-0.4, -0.2) is 38.4 Å². The lowest BCUT2D eigenvalue weighted by Gasteiger charge is -2.19. The fourth-order valence-corrected chi connectivity index (χ4v) is 3.74. The Labute approximate surface area is 151 Å². The van der Waals surface area contributed by atoms with Gasteiger partial charge in [0.2, 0.25) is 0 Å². The summed E-state index contributed by atoms with van der Waals surface area (Å²) in [5, 5.41) is 26.1. The molecule has 4 rings (SSSR count). The van der Waals surface area contributed by atoms with E-state index in [0.29, 0.717) is 28.9 Å². The number of nitriles is 1. The number of pyridine rings is 1. The van der Waals surface area contributed by atoms with Crippen molar-refractivity contribution in [2.45, 2.75) is 38.6 Å². The normalized spacial score (nSPS) is 21.0. The fraction of sp³-hybridized carbons (Fsp3) is 0.474. The first-order chi connectivity index (χ1) is 12.5. The second-order valence-electron chi connectivity index (χ2n) is 7.45. The Bertz CT molecular complexity index is 911. The molecule has 1 saturated carbocycles. The van der Waals surface area contributed by atoms with Crippen molar-refractivity contribution in [3.8, 4) is 11.9 Å². The van der Waals surface area contributed by atoms with Gasteiger partial charge in [-0.1, -0.05) is 13.8 Å². The molecule has 2 N–H and O–H groups in total. The van der Waals surface area contributed by atoms with E-state index in [1.165, 1.54) is 0 Å². The summed E-state index contributed by atoms with van der Waals surface area (Å²) in [7, 11) is 0. The van der Waals surface area contributed by atoms with Crippen LogP contribution >= 0.6 is 0 Å². The molecule has 7 nitrogen and oxygen atoms in total. The molecule has 26 heavy (non-hydrogen) atoms. The Hall–Kier alpha value is -2.72. The van der Waals surface area contributed by atoms with Crippen LogP contribution in [0.3, 0.4) is 0 Å². The Morgan fingerprint density at radius 2 is 2.35 bits per heavy atom. The van der Waals surface area contributed by atoms with Gasteiger partial charge in [-0.3, -0.25) is 4.79 Å². The molecule has 0 radical (unpaired) electrons. The molecule has 0 aliphatic heterocycles. The SMILES string of the molecule is CC(C)[C@@H](CO)NC(=O)c1nn(-c2cc(C#N)ccn2)c2c1C[C@@H]1C[C@H]21. The van der Waals surface area contributed by atoms with E-state index in [1.807, 2.05) is 13.8 Å². The maximum absolute atomic E-state index is 12.8. The zero-order valence-corrected chi connectivity index (χ0v) is 14.8. The lowest BCUT2D eigenvalue weighted by Crippen LogP contribution is -2.41. The molecule has 2 heterocycles. The van der Waals surface area contributed by atoms with E-state index in [4.69, 9.17) is 5.26 Å². The smallest absolute Gasteiger partial charge is 0.272 e. The third kappa shape index (κ3) is 2.67. The third-order valence-corrected chi connectivity index (χ3v) is 5.39. The summed E-state index contributed by atoms with van der Waals surface area (Å²) < 4.78 is 1.73. The van der Waals surface area contributed by atoms with Gasteiger partial charge in [0.05, 0.1) is 30.0 Å². The number of nitrogens with one attached hydrogen (secondary N) is 1. The van der Waals surface area contributed by atoms with E-state index in [2.05, 4.69) is 21.5 Å². The molecule has 3 atom stereocenters. The third-order valence-electron chi connectivity index (χ3n) is 5.39. The topological polar surface area (TPSA) is 104 Å². The van der Waals surface area contributed by atoms with Crippen molar-refractivity contribution in [3.05, 3.63) is 40.8 Å². The van der Waals surface area contributed by atoms with Crippen LogP contribution < -0.4 is 5.32 Å². The second-order valence-corrected chi connectivity index (χ2v) is 7.45. The average Bonchev–Trinajstić information content (AvgIpc) is 3.14. The van der Waals surface area contributed by atoms with Gasteiger partial charge in [0, 0.05) is 23.7 Å². The number of carbonyl (C=O) groups excluding carboxylic acids is 1. The maximum Gasteiger partial charge on any atom is 0.272 e. The molecule has 2 aromatic heterocycles. The minimum Gasteiger partial charge on any atom is -0.394 e. The predicted octanol–water partition coefficient (Wildman–Crippen LogP) is 1.55. The van der Waals surface area contributed by atoms with E-state index in [9.17, 15) is 9.90 Å². The highest BCUT2D eigenvalue weighted by Crippen LogP contribution is 2.57. The summed E-state index contributed by atoms with van der Waals surface area (Å²) in [6, 6.07) is 5.15. The van der Waals surface area contributed by atoms with Crippen LogP contribution in [0.1, 0.15) is 53.5 Å². The van der Waals surface area contributed by atoms with Crippen LogP contribution in [0.5, 0.6) is 0 Å². The molecule has 2 aliphatic rings. The van der Waals surface area contributed by atoms with E-state index >= 15 is 0 Å². The van der Waals surface area contributed by atoms with Crippen molar-refractivity contribution in [2.24, 2.45) is 11.8 Å². The molecule has 7 heteroatoms. The van der Waals surface area contributed by atoms with Crippen molar-refractivity contribution in [3.63, 3.8) is 0 Å². The first-order valence-corrected chi connectivity index (χ1v) is 8.93. The second kappa shape index (κ2) is 6.22. The van der Waals surface area contributed by atoms with Gasteiger partial charge in [-0.2, -0.15) is 10.4 Å². The molecule has 1 fully saturated rings. The molecule has 0 spiro atoms. The van der Waals surface area contributed by atoms with Crippen LogP contribution in [-0.2, 0) is 6.42 Å². The van der Waals surface area contributed by atoms with Gasteiger partial charge in [-0.25, -0.2) is 9.67 Å². The van der Waals surface area contributed by atoms with E-state index in [1.54, 1.807) is 23.0 Å². The molecule has 0 saturated heterocycles. The van der Waals surface area contributed by atoms with Crippen molar-refractivity contribution in [1.82, 2.24) is 20.1 Å². The number of fused-ring (bicyclic) bond motifs is 3. The summed E-state index contributed by atoms with van der Waals surface area (Å²) >= 11 is 0. The molecular formula is C19H21N5O2. The molecule has 0 bridgehead atoms. The van der Waals surface area contributed by atoms with E-state index in [-0.39, 0.29) is 24.5 Å². The van der Waals surface area contributed by atoms with Gasteiger partial charge in [0.1, 0.15) is 0 Å². The van der Waals surface area contributed by atoms with E-state index < -0.39 is 0 Å². The predicted molar refractivity (Wildman–Crippen MR) is 93.8 cm³/mol. The highest BCUT2D eigenvalue weighted by atomic mass is 16.3. The lowest BCUT2D eigenvalue weighted by atomic mass is 10.0. The minimum absolute atomic E-state index is 0.108. The Balaban J connectivity index is 1.73. The average molecular weight is 351 g/mol. The Kier molecular flexibility index (Phi) is 4.00. The molecule has 0 unspecified atom stereocenters. The van der Waals surface area contributed by atoms with Crippen molar-refractivity contribution < 1.29 is 9.90 Å². The van der Waals surface area contributed by atoms with Gasteiger partial charge in [0.25, 0.3) is 5.91 Å². The van der Waals surface area contributed by atoms with Crippen LogP contribution in [0.15, 0.2) is 18.3 Å². The number of amides is 1. The highest BCUT2D eigenvalue weighted by molar-refractivity contribution is 5.94. The van der Waals surface area contributed by atoms with Gasteiger partial charge >= 0.3 is 0 Å². The van der Waals surface area contributed by atoms with Crippen molar-refractivity contribution in [1.29, 1.82) is 5.26 Å². The van der Waals surface area contributed by atoms with Crippen LogP contribution in [0.4, 0.5) is 0 Å². The summed E-state index contributed by atoms with van der Waals surface area (Å²) in [6.07, 6.45) is 3.55. The Morgan fingerprint density at radius 1 is 1.54 bits per heavy atom. The molecular weight excluding hydrogens is 330 g/mol. The summed E-state index contributed by atoms with van der Waals surface area (Å²) in [6.45, 7) is 3.80. The molecule has 0 aromatic carbocycles. The zero-order chi connectivity index (χ0) is 18.4. The summed E-state index contributed by atoms with van der Waals surface area (Å²) in [4.78, 5) is 17.1. The molecule has 134 valence electrons. The number of aromatic nitrogens is 3. The Morgan fingerprint density at radius 3 is 3.04 bits per heavy atom. The number of aliphatic hydroxyl groups excluding tert-OH is 1. The fourth-order valence-electron chi connectivity index (χ4n) is 3.74. The summed E-state index contributed by atoms with van der Waals surface area (Å²) in [5.74, 6) is 1.44. The monoisotopic (exact) mass is 351 g/mol. The molecule has 1 amide bonds. The largest absolute Gasteiger partial charge is 0.394 e. The maximum atomic E-state index is 12.8. The van der Waals surface area contributed by atoms with Gasteiger partial charge in [-0.15, -0.1) is 0 Å². The number of rotatable bonds is 5. The first kappa shape index (κ1) is 16.7. The summed E-state index contributed by atoms with van der Waals surface area (Å²) in [5.41, 5.74) is 2.95. The number of aliphatic hydroxyl groups is 1. The lowest BCUT2D eigenvalue weighted by molar-refractivity contribution is 0.0890. The van der Waals surface area contributed by atoms with E-state index in [0.717, 1.165) is 24.1 Å². The zero-order valence-electron chi connectivity index (χ0n) is 14.8. The number of nitrogens with zero attached hydrogens (tertiary/aromatic N) is 4. The number of carbonyl (C=O) groups is 1. The van der Waals surface area contributed by atoms with Crippen LogP contribution in [0, 0.1) is 23.2 Å². The molecule has 2 aliphatic carbocycles. The van der Waals surface area contributed by atoms with Gasteiger partial charge in [0.15, 0.2) is 11.5 Å². The minimum atomic E-state index is -0.306. The van der Waals surface area contributed by atoms with Crippen LogP contribution in [0.2, 0.25) is 0 Å². The first-order valence-electron chi connectivity index (χ1n) is 8.93. The van der Waals surface area contributed by atoms with Crippen LogP contribution in [0.25, 0.3) is 5.82 Å².